The molecule has 0 atom stereocenters. The molecule has 1 aromatic carbocycles. The van der Waals surface area contributed by atoms with E-state index in [0.717, 1.165) is 38.9 Å². The predicted octanol–water partition coefficient (Wildman–Crippen LogP) is 3.37. The lowest BCUT2D eigenvalue weighted by atomic mass is 9.80. The summed E-state index contributed by atoms with van der Waals surface area (Å²) in [5, 5.41) is 8.05. The fourth-order valence-corrected chi connectivity index (χ4v) is 4.17. The second-order valence-corrected chi connectivity index (χ2v) is 7.60. The van der Waals surface area contributed by atoms with Gasteiger partial charge in [0.25, 0.3) is 0 Å². The van der Waals surface area contributed by atoms with Gasteiger partial charge in [-0.2, -0.15) is 14.6 Å². The first kappa shape index (κ1) is 16.8. The smallest absolute Gasteiger partial charge is 0.228 e. The maximum Gasteiger partial charge on any atom is 0.228 e. The Hall–Kier alpha value is -2.32. The molecule has 6 nitrogen and oxygen atoms in total. The van der Waals surface area contributed by atoms with Gasteiger partial charge in [0.2, 0.25) is 5.95 Å². The highest BCUT2D eigenvalue weighted by Gasteiger charge is 2.40. The third kappa shape index (κ3) is 2.74. The molecule has 6 rings (SSSR count). The first-order valence-corrected chi connectivity index (χ1v) is 9.29. The lowest BCUT2D eigenvalue weighted by Crippen LogP contribution is -2.56. The number of hydrogen-bond donors (Lipinski definition) is 1. The Morgan fingerprint density at radius 3 is 2.37 bits per heavy atom. The van der Waals surface area contributed by atoms with Crippen molar-refractivity contribution in [1.29, 1.82) is 0 Å². The van der Waals surface area contributed by atoms with Crippen molar-refractivity contribution in [3.63, 3.8) is 0 Å². The topological polar surface area (TPSA) is 58.4 Å². The molecule has 3 fully saturated rings. The second kappa shape index (κ2) is 6.10. The number of hydrogen-bond acceptors (Lipinski definition) is 5. The molecular formula is C18H17ClF2N6. The van der Waals surface area contributed by atoms with Gasteiger partial charge >= 0.3 is 0 Å². The first-order chi connectivity index (χ1) is 13.0. The van der Waals surface area contributed by atoms with E-state index in [1.807, 2.05) is 0 Å². The van der Waals surface area contributed by atoms with Gasteiger partial charge in [0.05, 0.1) is 11.8 Å². The van der Waals surface area contributed by atoms with Crippen LogP contribution < -0.4 is 5.32 Å². The van der Waals surface area contributed by atoms with Crippen LogP contribution in [0.2, 0.25) is 5.02 Å². The zero-order valence-electron chi connectivity index (χ0n) is 14.4. The summed E-state index contributed by atoms with van der Waals surface area (Å²) in [4.78, 5) is 11.1. The average molecular weight is 391 g/mol. The number of nitrogens with one attached hydrogen (secondary N) is 1. The average Bonchev–Trinajstić information content (AvgIpc) is 3.04. The van der Waals surface area contributed by atoms with Gasteiger partial charge in [0.1, 0.15) is 16.7 Å². The summed E-state index contributed by atoms with van der Waals surface area (Å²) in [6.07, 6.45) is 4.41. The van der Waals surface area contributed by atoms with Gasteiger partial charge in [0.15, 0.2) is 11.5 Å². The third-order valence-corrected chi connectivity index (χ3v) is 5.87. The number of anilines is 1. The molecular weight excluding hydrogens is 374 g/mol. The second-order valence-electron chi connectivity index (χ2n) is 7.19. The van der Waals surface area contributed by atoms with Gasteiger partial charge in [0, 0.05) is 25.2 Å². The van der Waals surface area contributed by atoms with E-state index >= 15 is 0 Å². The lowest BCUT2D eigenvalue weighted by Gasteiger charge is -2.48. The fourth-order valence-electron chi connectivity index (χ4n) is 4.01. The van der Waals surface area contributed by atoms with E-state index in [9.17, 15) is 8.78 Å². The summed E-state index contributed by atoms with van der Waals surface area (Å²) in [6.45, 7) is 3.07. The van der Waals surface area contributed by atoms with Crippen LogP contribution in [0, 0.1) is 11.6 Å². The lowest BCUT2D eigenvalue weighted by molar-refractivity contribution is 0.0985. The van der Waals surface area contributed by atoms with E-state index in [1.165, 1.54) is 28.9 Å². The maximum atomic E-state index is 14.3. The van der Waals surface area contributed by atoms with Crippen molar-refractivity contribution >= 4 is 23.2 Å². The van der Waals surface area contributed by atoms with Crippen LogP contribution in [0.1, 0.15) is 19.3 Å². The van der Waals surface area contributed by atoms with Crippen molar-refractivity contribution in [2.45, 2.75) is 24.8 Å². The highest BCUT2D eigenvalue weighted by atomic mass is 35.5. The van der Waals surface area contributed by atoms with Gasteiger partial charge in [-0.15, -0.1) is 0 Å². The van der Waals surface area contributed by atoms with Gasteiger partial charge in [-0.3, -0.25) is 0 Å². The molecule has 0 aliphatic carbocycles. The molecule has 9 heteroatoms. The van der Waals surface area contributed by atoms with Gasteiger partial charge < -0.3 is 10.2 Å². The van der Waals surface area contributed by atoms with Crippen molar-refractivity contribution < 1.29 is 8.78 Å². The van der Waals surface area contributed by atoms with Crippen LogP contribution in [0.25, 0.3) is 17.0 Å². The summed E-state index contributed by atoms with van der Waals surface area (Å²) < 4.78 is 30.1. The Morgan fingerprint density at radius 2 is 1.70 bits per heavy atom. The van der Waals surface area contributed by atoms with Crippen LogP contribution in [0.4, 0.5) is 14.7 Å². The molecule has 3 aliphatic heterocycles. The van der Waals surface area contributed by atoms with Gasteiger partial charge in [-0.25, -0.2) is 13.8 Å². The molecule has 0 saturated carbocycles. The number of benzene rings is 1. The van der Waals surface area contributed by atoms with Gasteiger partial charge in [-0.05, 0) is 31.4 Å². The number of halogens is 3. The van der Waals surface area contributed by atoms with E-state index in [4.69, 9.17) is 11.6 Å². The van der Waals surface area contributed by atoms with E-state index < -0.39 is 11.6 Å². The number of nitrogens with zero attached hydrogens (tertiary/aromatic N) is 5. The van der Waals surface area contributed by atoms with Crippen molar-refractivity contribution in [1.82, 2.24) is 24.5 Å². The standard InChI is InChI=1S/C18H17ClF2N6/c19-11-10-22-27-16(11)23-15(14-12(20)2-1-3-13(14)21)24-17(27)25-18-4-7-26(8-5-18)9-6-18/h1-3,10H,4-9H2,(H,23,24,25). The van der Waals surface area contributed by atoms with Crippen LogP contribution in [-0.4, -0.2) is 49.7 Å². The summed E-state index contributed by atoms with van der Waals surface area (Å²) in [5.41, 5.74) is -0.0489. The van der Waals surface area contributed by atoms with E-state index in [-0.39, 0.29) is 16.9 Å². The first-order valence-electron chi connectivity index (χ1n) is 8.91. The molecule has 140 valence electrons. The molecule has 0 amide bonds. The Kier molecular flexibility index (Phi) is 3.80. The quantitative estimate of drug-likeness (QED) is 0.743. The largest absolute Gasteiger partial charge is 0.348 e. The predicted molar refractivity (Wildman–Crippen MR) is 97.8 cm³/mol. The molecule has 0 radical (unpaired) electrons. The van der Waals surface area contributed by atoms with Crippen LogP contribution in [0.3, 0.4) is 0 Å². The molecule has 27 heavy (non-hydrogen) atoms. The zero-order chi connectivity index (χ0) is 18.6. The van der Waals surface area contributed by atoms with Gasteiger partial charge in [-0.1, -0.05) is 17.7 Å². The van der Waals surface area contributed by atoms with E-state index in [1.54, 1.807) is 0 Å². The molecule has 3 saturated heterocycles. The Morgan fingerprint density at radius 1 is 1.04 bits per heavy atom. The number of aromatic nitrogens is 4. The minimum atomic E-state index is -0.718. The van der Waals surface area contributed by atoms with Crippen LogP contribution in [-0.2, 0) is 0 Å². The summed E-state index contributed by atoms with van der Waals surface area (Å²) in [6, 6.07) is 3.69. The highest BCUT2D eigenvalue weighted by Crippen LogP contribution is 2.35. The minimum Gasteiger partial charge on any atom is -0.348 e. The number of piperidine rings is 3. The van der Waals surface area contributed by atoms with Crippen LogP contribution >= 0.6 is 11.6 Å². The Bertz CT molecular complexity index is 994. The van der Waals surface area contributed by atoms with Crippen LogP contribution in [0.5, 0.6) is 0 Å². The van der Waals surface area contributed by atoms with Crippen molar-refractivity contribution in [2.24, 2.45) is 0 Å². The molecule has 0 unspecified atom stereocenters. The molecule has 2 bridgehead atoms. The van der Waals surface area contributed by atoms with Crippen molar-refractivity contribution in [3.8, 4) is 11.4 Å². The monoisotopic (exact) mass is 390 g/mol. The zero-order valence-corrected chi connectivity index (χ0v) is 15.2. The maximum absolute atomic E-state index is 14.3. The summed E-state index contributed by atoms with van der Waals surface area (Å²) >= 11 is 6.21. The van der Waals surface area contributed by atoms with Crippen molar-refractivity contribution in [2.75, 3.05) is 25.0 Å². The third-order valence-electron chi connectivity index (χ3n) is 5.61. The molecule has 3 aromatic rings. The summed E-state index contributed by atoms with van der Waals surface area (Å²) in [7, 11) is 0. The molecule has 0 spiro atoms. The molecule has 5 heterocycles. The SMILES string of the molecule is Fc1cccc(F)c1-c1nc(NC23CCN(CC2)CC3)n2ncc(Cl)c2n1. The molecule has 1 N–H and O–H groups in total. The molecule has 3 aliphatic rings. The van der Waals surface area contributed by atoms with Crippen molar-refractivity contribution in [3.05, 3.63) is 41.1 Å². The fraction of sp³-hybridized carbons (Fsp3) is 0.389. The summed E-state index contributed by atoms with van der Waals surface area (Å²) in [5.74, 6) is -1.08. The Labute approximate surface area is 159 Å². The van der Waals surface area contributed by atoms with E-state index in [2.05, 4.69) is 25.3 Å². The molecule has 2 aromatic heterocycles. The Balaban J connectivity index is 1.65. The van der Waals surface area contributed by atoms with E-state index in [0.29, 0.717) is 16.6 Å². The minimum absolute atomic E-state index is 0.0485. The van der Waals surface area contributed by atoms with Crippen LogP contribution in [0.15, 0.2) is 24.4 Å². The number of fused-ring (bicyclic) bond motifs is 4. The number of rotatable bonds is 3. The normalized spacial score (nSPS) is 24.5. The highest BCUT2D eigenvalue weighted by molar-refractivity contribution is 6.33.